The average Bonchev–Trinajstić information content (AvgIpc) is 2.29. The van der Waals surface area contributed by atoms with Crippen molar-refractivity contribution in [3.05, 3.63) is 35.4 Å². The van der Waals surface area contributed by atoms with Crippen LogP contribution in [0.15, 0.2) is 24.3 Å². The van der Waals surface area contributed by atoms with E-state index in [1.807, 2.05) is 0 Å². The third-order valence-corrected chi connectivity index (χ3v) is 3.43. The van der Waals surface area contributed by atoms with Crippen LogP contribution in [0.3, 0.4) is 0 Å². The number of nitrogens with zero attached hydrogens (tertiary/aromatic N) is 1. The summed E-state index contributed by atoms with van der Waals surface area (Å²) in [4.78, 5) is 2.37. The molecule has 0 saturated carbocycles. The Labute approximate surface area is 99.5 Å². The summed E-state index contributed by atoms with van der Waals surface area (Å²) in [7, 11) is 2.16. The molecular weight excluding hydrogens is 196 g/mol. The molecule has 2 atom stereocenters. The van der Waals surface area contributed by atoms with E-state index in [2.05, 4.69) is 57.0 Å². The number of aryl methyl sites for hydroxylation is 1. The summed E-state index contributed by atoms with van der Waals surface area (Å²) in [6, 6.07) is 9.53. The Hall–Kier alpha value is -0.860. The molecule has 0 saturated heterocycles. The third kappa shape index (κ3) is 3.06. The van der Waals surface area contributed by atoms with E-state index in [9.17, 15) is 0 Å². The molecular formula is C14H24N2. The van der Waals surface area contributed by atoms with Crippen LogP contribution in [0.4, 0.5) is 0 Å². The SMILES string of the molecule is CCC(C)N(C)C(CN)c1cccc(C)c1. The molecule has 0 amide bonds. The molecule has 0 spiro atoms. The molecule has 0 aromatic heterocycles. The van der Waals surface area contributed by atoms with Crippen LogP contribution in [0.25, 0.3) is 0 Å². The lowest BCUT2D eigenvalue weighted by Crippen LogP contribution is -2.36. The van der Waals surface area contributed by atoms with Gasteiger partial charge in [0.25, 0.3) is 0 Å². The number of nitrogens with two attached hydrogens (primary N) is 1. The van der Waals surface area contributed by atoms with E-state index in [0.29, 0.717) is 18.6 Å². The quantitative estimate of drug-likeness (QED) is 0.826. The monoisotopic (exact) mass is 220 g/mol. The lowest BCUT2D eigenvalue weighted by molar-refractivity contribution is 0.184. The smallest absolute Gasteiger partial charge is 0.0470 e. The van der Waals surface area contributed by atoms with Crippen LogP contribution in [-0.4, -0.2) is 24.5 Å². The standard InChI is InChI=1S/C14H24N2/c1-5-12(3)16(4)14(10-15)13-8-6-7-11(2)9-13/h6-9,12,14H,5,10,15H2,1-4H3. The molecule has 1 rings (SSSR count). The average molecular weight is 220 g/mol. The maximum atomic E-state index is 5.91. The maximum absolute atomic E-state index is 5.91. The fourth-order valence-electron chi connectivity index (χ4n) is 2.01. The zero-order chi connectivity index (χ0) is 12.1. The molecule has 0 bridgehead atoms. The van der Waals surface area contributed by atoms with E-state index in [1.165, 1.54) is 11.1 Å². The predicted molar refractivity (Wildman–Crippen MR) is 70.5 cm³/mol. The highest BCUT2D eigenvalue weighted by Gasteiger charge is 2.18. The number of likely N-dealkylation sites (N-methyl/N-ethyl adjacent to an activating group) is 1. The van der Waals surface area contributed by atoms with Crippen LogP contribution in [0.5, 0.6) is 0 Å². The van der Waals surface area contributed by atoms with Crippen molar-refractivity contribution in [1.29, 1.82) is 0 Å². The van der Waals surface area contributed by atoms with Gasteiger partial charge in [0.15, 0.2) is 0 Å². The summed E-state index contributed by atoms with van der Waals surface area (Å²) >= 11 is 0. The van der Waals surface area contributed by atoms with E-state index < -0.39 is 0 Å². The number of hydrogen-bond acceptors (Lipinski definition) is 2. The van der Waals surface area contributed by atoms with Crippen LogP contribution in [-0.2, 0) is 0 Å². The Balaban J connectivity index is 2.89. The first-order valence-corrected chi connectivity index (χ1v) is 6.08. The largest absolute Gasteiger partial charge is 0.329 e. The Morgan fingerprint density at radius 2 is 2.06 bits per heavy atom. The van der Waals surface area contributed by atoms with Gasteiger partial charge in [-0.3, -0.25) is 4.90 Å². The fourth-order valence-corrected chi connectivity index (χ4v) is 2.01. The minimum atomic E-state index is 0.329. The zero-order valence-electron chi connectivity index (χ0n) is 10.9. The van der Waals surface area contributed by atoms with Gasteiger partial charge in [0.05, 0.1) is 0 Å². The number of rotatable bonds is 5. The maximum Gasteiger partial charge on any atom is 0.0470 e. The molecule has 2 heteroatoms. The summed E-state index contributed by atoms with van der Waals surface area (Å²) in [5.41, 5.74) is 8.53. The van der Waals surface area contributed by atoms with E-state index >= 15 is 0 Å². The summed E-state index contributed by atoms with van der Waals surface area (Å²) in [5.74, 6) is 0. The molecule has 0 aliphatic heterocycles. The molecule has 2 N–H and O–H groups in total. The highest BCUT2D eigenvalue weighted by atomic mass is 15.2. The van der Waals surface area contributed by atoms with Gasteiger partial charge in [-0.25, -0.2) is 0 Å². The fraction of sp³-hybridized carbons (Fsp3) is 0.571. The first-order chi connectivity index (χ1) is 7.60. The van der Waals surface area contributed by atoms with Crippen molar-refractivity contribution in [2.24, 2.45) is 5.73 Å². The van der Waals surface area contributed by atoms with Gasteiger partial charge in [0.2, 0.25) is 0 Å². The van der Waals surface area contributed by atoms with Gasteiger partial charge in [-0.05, 0) is 32.9 Å². The molecule has 0 fully saturated rings. The van der Waals surface area contributed by atoms with E-state index in [4.69, 9.17) is 5.73 Å². The van der Waals surface area contributed by atoms with Crippen molar-refractivity contribution in [3.8, 4) is 0 Å². The van der Waals surface area contributed by atoms with Crippen molar-refractivity contribution in [2.75, 3.05) is 13.6 Å². The molecule has 0 heterocycles. The minimum Gasteiger partial charge on any atom is -0.329 e. The third-order valence-electron chi connectivity index (χ3n) is 3.43. The number of hydrogen-bond donors (Lipinski definition) is 1. The van der Waals surface area contributed by atoms with Gasteiger partial charge in [-0.1, -0.05) is 36.8 Å². The van der Waals surface area contributed by atoms with Crippen molar-refractivity contribution in [1.82, 2.24) is 4.90 Å². The van der Waals surface area contributed by atoms with Crippen LogP contribution >= 0.6 is 0 Å². The summed E-state index contributed by atoms with van der Waals surface area (Å²) in [6.07, 6.45) is 1.15. The van der Waals surface area contributed by atoms with E-state index in [0.717, 1.165) is 6.42 Å². The van der Waals surface area contributed by atoms with E-state index in [1.54, 1.807) is 0 Å². The van der Waals surface area contributed by atoms with Crippen molar-refractivity contribution >= 4 is 0 Å². The first-order valence-electron chi connectivity index (χ1n) is 6.08. The molecule has 1 aromatic carbocycles. The van der Waals surface area contributed by atoms with Crippen LogP contribution in [0.2, 0.25) is 0 Å². The Morgan fingerprint density at radius 1 is 1.38 bits per heavy atom. The Kier molecular flexibility index (Phi) is 4.97. The van der Waals surface area contributed by atoms with Gasteiger partial charge < -0.3 is 5.73 Å². The molecule has 90 valence electrons. The Morgan fingerprint density at radius 3 is 2.56 bits per heavy atom. The molecule has 0 aliphatic carbocycles. The molecule has 2 nitrogen and oxygen atoms in total. The summed E-state index contributed by atoms with van der Waals surface area (Å²) in [5, 5.41) is 0. The van der Waals surface area contributed by atoms with Gasteiger partial charge >= 0.3 is 0 Å². The minimum absolute atomic E-state index is 0.329. The number of benzene rings is 1. The molecule has 0 aliphatic rings. The van der Waals surface area contributed by atoms with Crippen molar-refractivity contribution < 1.29 is 0 Å². The molecule has 0 radical (unpaired) electrons. The van der Waals surface area contributed by atoms with Crippen molar-refractivity contribution in [2.45, 2.75) is 39.3 Å². The highest BCUT2D eigenvalue weighted by molar-refractivity contribution is 5.25. The lowest BCUT2D eigenvalue weighted by Gasteiger charge is -2.32. The second-order valence-electron chi connectivity index (χ2n) is 4.59. The lowest BCUT2D eigenvalue weighted by atomic mass is 10.0. The second-order valence-corrected chi connectivity index (χ2v) is 4.59. The second kappa shape index (κ2) is 6.02. The van der Waals surface area contributed by atoms with E-state index in [-0.39, 0.29) is 0 Å². The van der Waals surface area contributed by atoms with Gasteiger partial charge in [-0.15, -0.1) is 0 Å². The summed E-state index contributed by atoms with van der Waals surface area (Å²) < 4.78 is 0. The van der Waals surface area contributed by atoms with Crippen LogP contribution < -0.4 is 5.73 Å². The molecule has 16 heavy (non-hydrogen) atoms. The highest BCUT2D eigenvalue weighted by Crippen LogP contribution is 2.22. The van der Waals surface area contributed by atoms with Gasteiger partial charge in [0, 0.05) is 18.6 Å². The predicted octanol–water partition coefficient (Wildman–Crippen LogP) is 2.73. The van der Waals surface area contributed by atoms with Gasteiger partial charge in [0.1, 0.15) is 0 Å². The zero-order valence-corrected chi connectivity index (χ0v) is 10.9. The summed E-state index contributed by atoms with van der Waals surface area (Å²) in [6.45, 7) is 7.26. The van der Waals surface area contributed by atoms with Crippen LogP contribution in [0.1, 0.15) is 37.4 Å². The first kappa shape index (κ1) is 13.2. The normalized spacial score (nSPS) is 15.1. The topological polar surface area (TPSA) is 29.3 Å². The van der Waals surface area contributed by atoms with Crippen molar-refractivity contribution in [3.63, 3.8) is 0 Å². The Bertz CT molecular complexity index is 322. The van der Waals surface area contributed by atoms with Gasteiger partial charge in [-0.2, -0.15) is 0 Å². The molecule has 1 aromatic rings. The van der Waals surface area contributed by atoms with Crippen LogP contribution in [0, 0.1) is 6.92 Å². The molecule has 2 unspecified atom stereocenters.